The maximum Gasteiger partial charge on any atom is 0.416 e. The van der Waals surface area contributed by atoms with E-state index in [4.69, 9.17) is 11.5 Å². The number of fused-ring (bicyclic) bond motifs is 2. The van der Waals surface area contributed by atoms with Crippen molar-refractivity contribution in [2.75, 3.05) is 32.7 Å². The van der Waals surface area contributed by atoms with Crippen LogP contribution in [0.1, 0.15) is 5.56 Å². The van der Waals surface area contributed by atoms with E-state index in [0.29, 0.717) is 50.1 Å². The van der Waals surface area contributed by atoms with Crippen LogP contribution in [0.3, 0.4) is 0 Å². The second kappa shape index (κ2) is 16.0. The summed E-state index contributed by atoms with van der Waals surface area (Å²) in [6.45, 7) is 0. The van der Waals surface area contributed by atoms with Crippen molar-refractivity contribution < 1.29 is 31.5 Å². The lowest BCUT2D eigenvalue weighted by atomic mass is 10.0. The number of rotatable bonds is 6. The zero-order valence-electron chi connectivity index (χ0n) is 29.9. The normalized spacial score (nSPS) is 11.1. The fourth-order valence-corrected chi connectivity index (χ4v) is 5.94. The minimum Gasteiger partial charge on any atom is -0.382 e. The van der Waals surface area contributed by atoms with Crippen LogP contribution in [-0.4, -0.2) is 32.5 Å². The predicted molar refractivity (Wildman–Crippen MR) is 215 cm³/mol. The quantitative estimate of drug-likeness (QED) is 0.0773. The molecule has 0 fully saturated rings. The summed E-state index contributed by atoms with van der Waals surface area (Å²) in [6.07, 6.45) is -4.51. The van der Waals surface area contributed by atoms with Crippen LogP contribution in [0.25, 0.3) is 44.1 Å². The van der Waals surface area contributed by atoms with Crippen molar-refractivity contribution in [2.45, 2.75) is 6.18 Å². The first-order valence-electron chi connectivity index (χ1n) is 17.3. The highest BCUT2D eigenvalue weighted by Gasteiger charge is 2.30. The van der Waals surface area contributed by atoms with E-state index >= 15 is 0 Å². The Kier molecular flexibility index (Phi) is 10.6. The number of carbonyl (C=O) groups is 2. The number of benzene rings is 6. The van der Waals surface area contributed by atoms with Gasteiger partial charge in [-0.15, -0.1) is 0 Å². The van der Waals surface area contributed by atoms with Crippen LogP contribution in [-0.2, 0) is 6.18 Å². The van der Waals surface area contributed by atoms with Crippen molar-refractivity contribution in [1.29, 1.82) is 0 Å². The van der Waals surface area contributed by atoms with Crippen molar-refractivity contribution >= 4 is 68.3 Å². The molecule has 0 saturated heterocycles. The van der Waals surface area contributed by atoms with E-state index in [2.05, 4.69) is 41.7 Å². The van der Waals surface area contributed by atoms with Crippen LogP contribution < -0.4 is 32.7 Å². The van der Waals surface area contributed by atoms with Crippen molar-refractivity contribution in [3.05, 3.63) is 145 Å². The lowest BCUT2D eigenvalue weighted by Gasteiger charge is -2.11. The molecule has 292 valence electrons. The van der Waals surface area contributed by atoms with Crippen LogP contribution in [0.2, 0.25) is 0 Å². The van der Waals surface area contributed by atoms with E-state index in [0.717, 1.165) is 12.1 Å². The van der Waals surface area contributed by atoms with Gasteiger partial charge in [-0.05, 0) is 77.9 Å². The fourth-order valence-electron chi connectivity index (χ4n) is 5.94. The summed E-state index contributed by atoms with van der Waals surface area (Å²) in [4.78, 5) is 24.1. The molecule has 0 aliphatic carbocycles. The lowest BCUT2D eigenvalue weighted by molar-refractivity contribution is -0.137. The Balaban J connectivity index is 0.000000178. The molecule has 0 saturated carbocycles. The highest BCUT2D eigenvalue weighted by atomic mass is 19.4. The van der Waals surface area contributed by atoms with Crippen LogP contribution in [0.5, 0.6) is 0 Å². The zero-order valence-corrected chi connectivity index (χ0v) is 29.9. The van der Waals surface area contributed by atoms with Gasteiger partial charge in [-0.2, -0.15) is 23.4 Å². The fraction of sp³-hybridized carbons (Fsp3) is 0.0244. The van der Waals surface area contributed by atoms with Crippen LogP contribution in [0, 0.1) is 11.6 Å². The van der Waals surface area contributed by atoms with Gasteiger partial charge in [-0.1, -0.05) is 60.7 Å². The first-order chi connectivity index (χ1) is 27.8. The number of alkyl halides is 3. The molecule has 8 aromatic rings. The summed E-state index contributed by atoms with van der Waals surface area (Å²) in [5.74, 6) is -0.463. The summed E-state index contributed by atoms with van der Waals surface area (Å²) < 4.78 is 67.8. The number of aromatic nitrogens is 4. The minimum absolute atomic E-state index is 0.00171. The number of carbonyl (C=O) groups excluding carboxylic acids is 2. The van der Waals surface area contributed by atoms with E-state index in [1.807, 2.05) is 18.2 Å². The number of halogens is 5. The van der Waals surface area contributed by atoms with Gasteiger partial charge in [0.25, 0.3) is 0 Å². The number of nitrogens with zero attached hydrogens (tertiary/aromatic N) is 2. The average Bonchev–Trinajstić information content (AvgIpc) is 3.79. The average molecular weight is 791 g/mol. The van der Waals surface area contributed by atoms with Crippen LogP contribution >= 0.6 is 0 Å². The van der Waals surface area contributed by atoms with E-state index in [1.165, 1.54) is 12.1 Å². The van der Waals surface area contributed by atoms with Crippen molar-refractivity contribution in [1.82, 2.24) is 20.4 Å². The molecule has 10 N–H and O–H groups in total. The molecule has 17 heteroatoms. The second-order valence-corrected chi connectivity index (χ2v) is 12.7. The summed E-state index contributed by atoms with van der Waals surface area (Å²) in [5, 5.41) is 24.2. The number of nitrogens with one attached hydrogen (secondary N) is 6. The number of hydrogen-bond donors (Lipinski definition) is 8. The molecular formula is C41H31F5N10O2. The molecule has 0 radical (unpaired) electrons. The minimum atomic E-state index is -4.51. The molecule has 0 bridgehead atoms. The summed E-state index contributed by atoms with van der Waals surface area (Å²) in [5.41, 5.74) is 14.6. The second-order valence-electron chi connectivity index (χ2n) is 12.7. The van der Waals surface area contributed by atoms with Gasteiger partial charge in [0.1, 0.15) is 11.0 Å². The molecule has 12 nitrogen and oxygen atoms in total. The molecular weight excluding hydrogens is 760 g/mol. The van der Waals surface area contributed by atoms with Crippen molar-refractivity contribution in [3.8, 4) is 22.3 Å². The van der Waals surface area contributed by atoms with Gasteiger partial charge in [-0.25, -0.2) is 18.4 Å². The molecule has 0 unspecified atom stereocenters. The molecule has 0 aliphatic heterocycles. The third kappa shape index (κ3) is 8.47. The Bertz CT molecular complexity index is 2750. The maximum absolute atomic E-state index is 14.8. The molecule has 58 heavy (non-hydrogen) atoms. The Hall–Kier alpha value is -7.95. The summed E-state index contributed by atoms with van der Waals surface area (Å²) in [6, 6.07) is 32.2. The molecule has 6 aromatic carbocycles. The number of aromatic amines is 2. The van der Waals surface area contributed by atoms with Gasteiger partial charge >= 0.3 is 18.2 Å². The molecule has 0 atom stereocenters. The Morgan fingerprint density at radius 1 is 0.517 bits per heavy atom. The molecule has 0 aliphatic rings. The van der Waals surface area contributed by atoms with Gasteiger partial charge in [0.2, 0.25) is 0 Å². The van der Waals surface area contributed by atoms with Gasteiger partial charge in [0.05, 0.1) is 5.56 Å². The SMILES string of the molecule is Nc1n[nH]c2c(F)c(-c3ccc(NC(=O)Nc4cccc(C(F)(F)F)c4)cc3)ccc12.Nc1n[nH]c2c(F)c(-c3ccc(NC(=O)Nc4ccccc4)cc3)ccc12. The first kappa shape index (κ1) is 38.3. The largest absolute Gasteiger partial charge is 0.416 e. The number of urea groups is 2. The van der Waals surface area contributed by atoms with Crippen LogP contribution in [0.15, 0.2) is 127 Å². The zero-order chi connectivity index (χ0) is 41.0. The summed E-state index contributed by atoms with van der Waals surface area (Å²) in [7, 11) is 0. The number of H-pyrrole nitrogens is 2. The first-order valence-corrected chi connectivity index (χ1v) is 17.3. The van der Waals surface area contributed by atoms with Crippen molar-refractivity contribution in [3.63, 3.8) is 0 Å². The number of nitrogen functional groups attached to an aromatic ring is 2. The monoisotopic (exact) mass is 790 g/mol. The summed E-state index contributed by atoms with van der Waals surface area (Å²) >= 11 is 0. The molecule has 2 aromatic heterocycles. The van der Waals surface area contributed by atoms with Gasteiger partial charge in [0.15, 0.2) is 23.3 Å². The number of amides is 4. The number of nitrogens with two attached hydrogens (primary N) is 2. The number of anilines is 6. The third-order valence-electron chi connectivity index (χ3n) is 8.80. The molecule has 0 spiro atoms. The van der Waals surface area contributed by atoms with E-state index in [-0.39, 0.29) is 34.4 Å². The highest BCUT2D eigenvalue weighted by Crippen LogP contribution is 2.33. The predicted octanol–water partition coefficient (Wildman–Crippen LogP) is 10.2. The topological polar surface area (TPSA) is 192 Å². The Morgan fingerprint density at radius 2 is 0.931 bits per heavy atom. The number of para-hydroxylation sites is 1. The highest BCUT2D eigenvalue weighted by molar-refractivity contribution is 6.01. The van der Waals surface area contributed by atoms with E-state index in [9.17, 15) is 31.5 Å². The van der Waals surface area contributed by atoms with Gasteiger partial charge in [-0.3, -0.25) is 10.2 Å². The smallest absolute Gasteiger partial charge is 0.382 e. The molecule has 4 amide bonds. The standard InChI is InChI=1S/C21H15F4N5O.C20H16FN5O/c22-17-15(8-9-16-18(17)29-30-19(16)26)11-4-6-13(7-5-11)27-20(31)28-14-3-1-2-12(10-14)21(23,24)25;21-17-15(10-11-16-18(17)25-26-19(16)22)12-6-8-14(9-7-12)24-20(27)23-13-4-2-1-3-5-13/h1-10H,(H3,26,29,30)(H2,27,28,31);1-11H,(H3,22,25,26)(H2,23,24,27). The van der Waals surface area contributed by atoms with Gasteiger partial charge < -0.3 is 32.7 Å². The number of hydrogen-bond acceptors (Lipinski definition) is 6. The Labute approximate surface area is 325 Å². The van der Waals surface area contributed by atoms with E-state index < -0.39 is 29.4 Å². The van der Waals surface area contributed by atoms with E-state index in [1.54, 1.807) is 84.9 Å². The lowest BCUT2D eigenvalue weighted by Crippen LogP contribution is -2.19. The molecule has 8 rings (SSSR count). The maximum atomic E-state index is 14.8. The Morgan fingerprint density at radius 3 is 1.38 bits per heavy atom. The van der Waals surface area contributed by atoms with Gasteiger partial charge in [0, 0.05) is 44.6 Å². The third-order valence-corrected chi connectivity index (χ3v) is 8.80. The van der Waals surface area contributed by atoms with Crippen molar-refractivity contribution in [2.24, 2.45) is 0 Å². The van der Waals surface area contributed by atoms with Crippen LogP contribution in [0.4, 0.5) is 65.9 Å². The molecule has 2 heterocycles.